The number of alkyl carbamates (subject to hydrolysis) is 1. The number of ether oxygens (including phenoxy) is 1. The van der Waals surface area contributed by atoms with Crippen LogP contribution >= 0.6 is 0 Å². The summed E-state index contributed by atoms with van der Waals surface area (Å²) in [6, 6.07) is 1.04. The Kier molecular flexibility index (Phi) is 12.2. The Bertz CT molecular complexity index is 386. The molecule has 2 unspecified atom stereocenters. The second kappa shape index (κ2) is 12.3. The predicted octanol–water partition coefficient (Wildman–Crippen LogP) is 4.20. The van der Waals surface area contributed by atoms with Gasteiger partial charge in [-0.25, -0.2) is 9.18 Å². The molecule has 0 fully saturated rings. The maximum Gasteiger partial charge on any atom is 0.407 e. The minimum absolute atomic E-state index is 0.0177. The van der Waals surface area contributed by atoms with Crippen LogP contribution in [0.3, 0.4) is 0 Å². The normalized spacial score (nSPS) is 15.5. The van der Waals surface area contributed by atoms with E-state index in [4.69, 9.17) is 13.6 Å². The molecular formula is C17H40FNO4Si3. The monoisotopic (exact) mass is 425 g/mol. The largest absolute Gasteiger partial charge is 0.446 e. The van der Waals surface area contributed by atoms with Gasteiger partial charge in [0, 0.05) is 13.0 Å². The van der Waals surface area contributed by atoms with Gasteiger partial charge in [0.05, 0.1) is 9.52 Å². The lowest BCUT2D eigenvalue weighted by Crippen LogP contribution is -2.43. The first-order valence-corrected chi connectivity index (χ1v) is 18.4. The van der Waals surface area contributed by atoms with E-state index in [0.29, 0.717) is 13.0 Å². The number of rotatable bonds is 13. The molecule has 0 aromatic heterocycles. The molecule has 0 aliphatic carbocycles. The molecule has 0 aliphatic rings. The second-order valence-corrected chi connectivity index (χ2v) is 19.6. The highest BCUT2D eigenvalue weighted by Crippen LogP contribution is 2.15. The van der Waals surface area contributed by atoms with Crippen LogP contribution in [0.5, 0.6) is 0 Å². The van der Waals surface area contributed by atoms with Gasteiger partial charge in [0.1, 0.15) is 18.2 Å². The summed E-state index contributed by atoms with van der Waals surface area (Å²) in [5.74, 6) is -0.0177. The minimum atomic E-state index is -1.63. The van der Waals surface area contributed by atoms with Crippen molar-refractivity contribution < 1.29 is 22.8 Å². The van der Waals surface area contributed by atoms with E-state index in [-0.39, 0.29) is 12.3 Å². The van der Waals surface area contributed by atoms with Gasteiger partial charge in [-0.1, -0.05) is 13.0 Å². The first-order chi connectivity index (χ1) is 11.8. The molecule has 0 bridgehead atoms. The zero-order valence-electron chi connectivity index (χ0n) is 18.0. The van der Waals surface area contributed by atoms with Crippen molar-refractivity contribution in [2.75, 3.05) is 6.54 Å². The molecule has 0 heterocycles. The van der Waals surface area contributed by atoms with Crippen molar-refractivity contribution in [1.29, 1.82) is 0 Å². The molecule has 5 nitrogen and oxygen atoms in total. The standard InChI is InChI=1S/C17H40FNO4Si3/c1-9-15(18)13-14(2)21-16(20)19-11-10-12-24-17(22-25(3,4)5)23-26(6,7)8/h14-15,17H,9-13,24H2,1-8H3,(H,19,20). The Morgan fingerprint density at radius 3 is 2.12 bits per heavy atom. The average Bonchev–Trinajstić information content (AvgIpc) is 2.42. The van der Waals surface area contributed by atoms with Gasteiger partial charge < -0.3 is 18.9 Å². The zero-order valence-corrected chi connectivity index (χ0v) is 21.4. The van der Waals surface area contributed by atoms with E-state index in [1.165, 1.54) is 0 Å². The fraction of sp³-hybridized carbons (Fsp3) is 0.941. The molecule has 0 rings (SSSR count). The number of hydrogen-bond donors (Lipinski definition) is 1. The summed E-state index contributed by atoms with van der Waals surface area (Å²) in [5.41, 5.74) is 0. The lowest BCUT2D eigenvalue weighted by Gasteiger charge is -2.31. The lowest BCUT2D eigenvalue weighted by atomic mass is 10.1. The predicted molar refractivity (Wildman–Crippen MR) is 114 cm³/mol. The smallest absolute Gasteiger partial charge is 0.407 e. The van der Waals surface area contributed by atoms with Gasteiger partial charge in [-0.2, -0.15) is 0 Å². The van der Waals surface area contributed by atoms with Crippen LogP contribution in [0.4, 0.5) is 9.18 Å². The Balaban J connectivity index is 4.07. The van der Waals surface area contributed by atoms with Crippen molar-refractivity contribution in [2.45, 2.75) is 96.6 Å². The van der Waals surface area contributed by atoms with Crippen molar-refractivity contribution in [1.82, 2.24) is 5.32 Å². The number of nitrogens with one attached hydrogen (secondary N) is 1. The molecule has 1 amide bonds. The molecule has 0 aliphatic heterocycles. The molecule has 156 valence electrons. The topological polar surface area (TPSA) is 56.8 Å². The number of amides is 1. The number of alkyl halides is 1. The van der Waals surface area contributed by atoms with E-state index in [2.05, 4.69) is 44.6 Å². The fourth-order valence-corrected chi connectivity index (χ4v) is 8.94. The summed E-state index contributed by atoms with van der Waals surface area (Å²) >= 11 is 0. The molecular weight excluding hydrogens is 385 g/mol. The third kappa shape index (κ3) is 16.0. The molecule has 0 spiro atoms. The third-order valence-electron chi connectivity index (χ3n) is 3.44. The number of carbonyl (C=O) groups is 1. The van der Waals surface area contributed by atoms with E-state index < -0.39 is 44.5 Å². The van der Waals surface area contributed by atoms with Crippen LogP contribution in [-0.4, -0.2) is 57.0 Å². The van der Waals surface area contributed by atoms with Gasteiger partial charge in [-0.15, -0.1) is 0 Å². The number of carbonyl (C=O) groups excluding carboxylic acids is 1. The fourth-order valence-electron chi connectivity index (χ4n) is 2.36. The molecule has 0 aromatic rings. The van der Waals surface area contributed by atoms with E-state index in [0.717, 1.165) is 12.5 Å². The van der Waals surface area contributed by atoms with Crippen molar-refractivity contribution in [3.05, 3.63) is 0 Å². The van der Waals surface area contributed by atoms with Crippen molar-refractivity contribution >= 4 is 32.2 Å². The summed E-state index contributed by atoms with van der Waals surface area (Å²) in [7, 11) is -3.80. The first-order valence-electron chi connectivity index (χ1n) is 9.76. The molecule has 9 heteroatoms. The summed E-state index contributed by atoms with van der Waals surface area (Å²) in [6.07, 6.45) is -0.203. The molecule has 2 atom stereocenters. The van der Waals surface area contributed by atoms with Crippen molar-refractivity contribution in [3.8, 4) is 0 Å². The molecule has 26 heavy (non-hydrogen) atoms. The van der Waals surface area contributed by atoms with E-state index in [1.807, 2.05) is 0 Å². The zero-order chi connectivity index (χ0) is 20.4. The van der Waals surface area contributed by atoms with Gasteiger partial charge >= 0.3 is 6.09 Å². The van der Waals surface area contributed by atoms with Crippen LogP contribution in [0.15, 0.2) is 0 Å². The van der Waals surface area contributed by atoms with E-state index >= 15 is 0 Å². The second-order valence-electron chi connectivity index (χ2n) is 8.77. The molecule has 0 aromatic carbocycles. The summed E-state index contributed by atoms with van der Waals surface area (Å²) in [6.45, 7) is 17.2. The van der Waals surface area contributed by atoms with Crippen molar-refractivity contribution in [3.63, 3.8) is 0 Å². The summed E-state index contributed by atoms with van der Waals surface area (Å²) < 4.78 is 30.9. The third-order valence-corrected chi connectivity index (χ3v) is 7.76. The van der Waals surface area contributed by atoms with Gasteiger partial charge in [-0.3, -0.25) is 0 Å². The molecule has 0 saturated heterocycles. The highest BCUT2D eigenvalue weighted by molar-refractivity contribution is 6.71. The van der Waals surface area contributed by atoms with Crippen molar-refractivity contribution in [2.24, 2.45) is 0 Å². The summed E-state index contributed by atoms with van der Waals surface area (Å²) in [4.78, 5) is 11.7. The minimum Gasteiger partial charge on any atom is -0.446 e. The first kappa shape index (κ1) is 25.8. The van der Waals surface area contributed by atoms with Gasteiger partial charge in [0.15, 0.2) is 16.6 Å². The highest BCUT2D eigenvalue weighted by Gasteiger charge is 2.26. The highest BCUT2D eigenvalue weighted by atomic mass is 28.4. The lowest BCUT2D eigenvalue weighted by molar-refractivity contribution is 0.0605. The van der Waals surface area contributed by atoms with Gasteiger partial charge in [0.25, 0.3) is 0 Å². The SMILES string of the molecule is CCC(F)CC(C)OC(=O)NCCC[SiH2]C(O[Si](C)(C)C)O[Si](C)(C)C. The molecule has 0 saturated carbocycles. The maximum absolute atomic E-state index is 13.3. The van der Waals surface area contributed by atoms with Crippen LogP contribution in [0, 0.1) is 0 Å². The van der Waals surface area contributed by atoms with E-state index in [9.17, 15) is 9.18 Å². The van der Waals surface area contributed by atoms with Crippen LogP contribution in [0.1, 0.15) is 33.1 Å². The maximum atomic E-state index is 13.3. The van der Waals surface area contributed by atoms with Crippen LogP contribution < -0.4 is 5.32 Å². The van der Waals surface area contributed by atoms with Crippen LogP contribution in [0.2, 0.25) is 45.3 Å². The number of hydrogen-bond acceptors (Lipinski definition) is 4. The quantitative estimate of drug-likeness (QED) is 0.273. The molecule has 0 radical (unpaired) electrons. The van der Waals surface area contributed by atoms with Gasteiger partial charge in [0.2, 0.25) is 0 Å². The molecule has 1 N–H and O–H groups in total. The Morgan fingerprint density at radius 1 is 1.12 bits per heavy atom. The Labute approximate surface area is 163 Å². The summed E-state index contributed by atoms with van der Waals surface area (Å²) in [5, 5.41) is 2.75. The van der Waals surface area contributed by atoms with E-state index in [1.54, 1.807) is 13.8 Å². The average molecular weight is 426 g/mol. The number of halogens is 1. The van der Waals surface area contributed by atoms with Gasteiger partial charge in [-0.05, 0) is 59.0 Å². The Hall–Kier alpha value is -0.229. The van der Waals surface area contributed by atoms with Crippen LogP contribution in [0.25, 0.3) is 0 Å². The van der Waals surface area contributed by atoms with Crippen LogP contribution in [-0.2, 0) is 13.6 Å². The Morgan fingerprint density at radius 2 is 1.65 bits per heavy atom.